The largest absolute Gasteiger partial charge is 0.363 e. The molecule has 1 aliphatic carbocycles. The Morgan fingerprint density at radius 2 is 2.36 bits per heavy atom. The molecule has 2 aliphatic rings. The number of hydrazine groups is 1. The SMILES string of the molecule is O=C1C=C(NNC2CC2)NC1. The summed E-state index contributed by atoms with van der Waals surface area (Å²) in [5.41, 5.74) is 6.04. The topological polar surface area (TPSA) is 53.2 Å². The van der Waals surface area contributed by atoms with Gasteiger partial charge < -0.3 is 10.7 Å². The van der Waals surface area contributed by atoms with E-state index < -0.39 is 0 Å². The number of carbonyl (C=O) groups is 1. The van der Waals surface area contributed by atoms with Gasteiger partial charge in [-0.15, -0.1) is 0 Å². The normalized spacial score (nSPS) is 22.9. The summed E-state index contributed by atoms with van der Waals surface area (Å²) in [7, 11) is 0. The first-order valence-corrected chi connectivity index (χ1v) is 3.84. The second-order valence-electron chi connectivity index (χ2n) is 2.92. The number of hydrogen-bond acceptors (Lipinski definition) is 4. The molecule has 1 heterocycles. The fourth-order valence-corrected chi connectivity index (χ4v) is 0.933. The minimum Gasteiger partial charge on any atom is -0.363 e. The number of hydrogen-bond donors (Lipinski definition) is 3. The van der Waals surface area contributed by atoms with E-state index in [9.17, 15) is 4.79 Å². The summed E-state index contributed by atoms with van der Waals surface area (Å²) in [5.74, 6) is 0.923. The molecule has 0 aromatic carbocycles. The zero-order valence-corrected chi connectivity index (χ0v) is 6.18. The molecule has 0 aromatic rings. The summed E-state index contributed by atoms with van der Waals surface area (Å²) in [6, 6.07) is 0.605. The molecule has 0 aromatic heterocycles. The molecule has 11 heavy (non-hydrogen) atoms. The number of carbonyl (C=O) groups excluding carboxylic acids is 1. The average Bonchev–Trinajstić information content (AvgIpc) is 2.72. The van der Waals surface area contributed by atoms with Crippen molar-refractivity contribution in [2.75, 3.05) is 6.54 Å². The Hall–Kier alpha value is -1.03. The Bertz CT molecular complexity index is 208. The van der Waals surface area contributed by atoms with Crippen LogP contribution in [0.4, 0.5) is 0 Å². The van der Waals surface area contributed by atoms with Gasteiger partial charge in [0.1, 0.15) is 5.82 Å². The number of rotatable bonds is 3. The Labute approximate surface area is 65.0 Å². The molecule has 0 atom stereocenters. The molecule has 3 N–H and O–H groups in total. The van der Waals surface area contributed by atoms with Crippen molar-refractivity contribution >= 4 is 5.78 Å². The van der Waals surface area contributed by atoms with E-state index in [4.69, 9.17) is 0 Å². The van der Waals surface area contributed by atoms with Gasteiger partial charge in [0.25, 0.3) is 0 Å². The average molecular weight is 153 g/mol. The highest BCUT2D eigenvalue weighted by Gasteiger charge is 2.21. The second kappa shape index (κ2) is 2.54. The van der Waals surface area contributed by atoms with Gasteiger partial charge >= 0.3 is 0 Å². The maximum atomic E-state index is 10.7. The quantitative estimate of drug-likeness (QED) is 0.467. The van der Waals surface area contributed by atoms with E-state index >= 15 is 0 Å². The van der Waals surface area contributed by atoms with Crippen molar-refractivity contribution < 1.29 is 4.79 Å². The van der Waals surface area contributed by atoms with E-state index in [2.05, 4.69) is 16.2 Å². The number of ketones is 1. The standard InChI is InChI=1S/C7H11N3O/c11-6-3-7(8-4-6)10-9-5-1-2-5/h3,5,8-10H,1-2,4H2. The predicted octanol–water partition coefficient (Wildman–Crippen LogP) is -0.743. The van der Waals surface area contributed by atoms with Crippen molar-refractivity contribution in [2.24, 2.45) is 0 Å². The highest BCUT2D eigenvalue weighted by atomic mass is 16.1. The van der Waals surface area contributed by atoms with Crippen LogP contribution < -0.4 is 16.2 Å². The van der Waals surface area contributed by atoms with Gasteiger partial charge in [0.05, 0.1) is 6.54 Å². The highest BCUT2D eigenvalue weighted by Crippen LogP contribution is 2.17. The fourth-order valence-electron chi connectivity index (χ4n) is 0.933. The first kappa shape index (κ1) is 6.67. The van der Waals surface area contributed by atoms with E-state index in [1.165, 1.54) is 12.8 Å². The molecule has 1 fully saturated rings. The molecule has 1 saturated carbocycles. The molecule has 0 saturated heterocycles. The van der Waals surface area contributed by atoms with Crippen LogP contribution in [-0.4, -0.2) is 18.4 Å². The Morgan fingerprint density at radius 3 is 2.91 bits per heavy atom. The molecule has 1 aliphatic heterocycles. The fraction of sp³-hybridized carbons (Fsp3) is 0.571. The van der Waals surface area contributed by atoms with E-state index in [1.807, 2.05) is 0 Å². The molecule has 60 valence electrons. The summed E-state index contributed by atoms with van der Waals surface area (Å²) in [6.45, 7) is 0.425. The summed E-state index contributed by atoms with van der Waals surface area (Å²) in [6.07, 6.45) is 4.04. The van der Waals surface area contributed by atoms with Crippen molar-refractivity contribution in [2.45, 2.75) is 18.9 Å². The Kier molecular flexibility index (Phi) is 1.54. The lowest BCUT2D eigenvalue weighted by Gasteiger charge is -2.07. The van der Waals surface area contributed by atoms with E-state index in [0.29, 0.717) is 12.6 Å². The first-order valence-electron chi connectivity index (χ1n) is 3.84. The molecule has 4 nitrogen and oxygen atoms in total. The van der Waals surface area contributed by atoms with Crippen LogP contribution in [0.25, 0.3) is 0 Å². The summed E-state index contributed by atoms with van der Waals surface area (Å²) >= 11 is 0. The Balaban J connectivity index is 1.76. The van der Waals surface area contributed by atoms with E-state index in [0.717, 1.165) is 5.82 Å². The minimum absolute atomic E-state index is 0.130. The maximum absolute atomic E-state index is 10.7. The third-order valence-electron chi connectivity index (χ3n) is 1.75. The predicted molar refractivity (Wildman–Crippen MR) is 40.4 cm³/mol. The first-order chi connectivity index (χ1) is 5.34. The third kappa shape index (κ3) is 1.71. The van der Waals surface area contributed by atoms with Crippen LogP contribution in [0.5, 0.6) is 0 Å². The van der Waals surface area contributed by atoms with Crippen molar-refractivity contribution in [3.05, 3.63) is 11.9 Å². The molecule has 0 amide bonds. The minimum atomic E-state index is 0.130. The third-order valence-corrected chi connectivity index (χ3v) is 1.75. The summed E-state index contributed by atoms with van der Waals surface area (Å²) in [4.78, 5) is 10.7. The van der Waals surface area contributed by atoms with Gasteiger partial charge in [-0.3, -0.25) is 4.79 Å². The lowest BCUT2D eigenvalue weighted by Crippen LogP contribution is -2.36. The van der Waals surface area contributed by atoms with Gasteiger partial charge in [-0.25, -0.2) is 5.43 Å². The molecular weight excluding hydrogens is 142 g/mol. The van der Waals surface area contributed by atoms with Gasteiger partial charge in [0.2, 0.25) is 0 Å². The zero-order valence-electron chi connectivity index (χ0n) is 6.18. The molecule has 0 bridgehead atoms. The van der Waals surface area contributed by atoms with Crippen LogP contribution in [0.1, 0.15) is 12.8 Å². The lowest BCUT2D eigenvalue weighted by atomic mass is 10.4. The van der Waals surface area contributed by atoms with Crippen molar-refractivity contribution in [1.82, 2.24) is 16.2 Å². The van der Waals surface area contributed by atoms with Gasteiger partial charge in [-0.2, -0.15) is 0 Å². The molecule has 0 radical (unpaired) electrons. The van der Waals surface area contributed by atoms with Gasteiger partial charge in [0.15, 0.2) is 5.78 Å². The molecule has 2 rings (SSSR count). The van der Waals surface area contributed by atoms with Crippen LogP contribution in [0.15, 0.2) is 11.9 Å². The molecular formula is C7H11N3O. The number of nitrogens with one attached hydrogen (secondary N) is 3. The molecule has 0 unspecified atom stereocenters. The van der Waals surface area contributed by atoms with Crippen LogP contribution in [0.3, 0.4) is 0 Å². The lowest BCUT2D eigenvalue weighted by molar-refractivity contribution is -0.113. The summed E-state index contributed by atoms with van der Waals surface area (Å²) < 4.78 is 0. The highest BCUT2D eigenvalue weighted by molar-refractivity contribution is 5.94. The van der Waals surface area contributed by atoms with Gasteiger partial charge in [-0.05, 0) is 12.8 Å². The molecule has 4 heteroatoms. The molecule has 0 spiro atoms. The Morgan fingerprint density at radius 1 is 1.55 bits per heavy atom. The smallest absolute Gasteiger partial charge is 0.178 e. The van der Waals surface area contributed by atoms with Crippen LogP contribution in [0, 0.1) is 0 Å². The monoisotopic (exact) mass is 153 g/mol. The van der Waals surface area contributed by atoms with Crippen LogP contribution in [0.2, 0.25) is 0 Å². The zero-order chi connectivity index (χ0) is 7.68. The summed E-state index contributed by atoms with van der Waals surface area (Å²) in [5, 5.41) is 2.93. The van der Waals surface area contributed by atoms with E-state index in [1.54, 1.807) is 6.08 Å². The second-order valence-corrected chi connectivity index (χ2v) is 2.92. The van der Waals surface area contributed by atoms with Gasteiger partial charge in [0, 0.05) is 12.1 Å². The van der Waals surface area contributed by atoms with E-state index in [-0.39, 0.29) is 5.78 Å². The van der Waals surface area contributed by atoms with Gasteiger partial charge in [-0.1, -0.05) is 0 Å². The van der Waals surface area contributed by atoms with Crippen molar-refractivity contribution in [3.8, 4) is 0 Å². The van der Waals surface area contributed by atoms with Crippen molar-refractivity contribution in [3.63, 3.8) is 0 Å². The van der Waals surface area contributed by atoms with Crippen LogP contribution >= 0.6 is 0 Å². The van der Waals surface area contributed by atoms with Crippen molar-refractivity contribution in [1.29, 1.82) is 0 Å². The van der Waals surface area contributed by atoms with Crippen LogP contribution in [-0.2, 0) is 4.79 Å². The maximum Gasteiger partial charge on any atom is 0.178 e.